The lowest BCUT2D eigenvalue weighted by Gasteiger charge is -2.04. The molecule has 2 unspecified atom stereocenters. The molecular formula is C13H17ClN2O. The van der Waals surface area contributed by atoms with Crippen LogP contribution >= 0.6 is 11.6 Å². The Hall–Kier alpha value is -1.06. The molecule has 1 aliphatic carbocycles. The Labute approximate surface area is 106 Å². The number of nitrogens with two attached hydrogens (primary N) is 1. The lowest BCUT2D eigenvalue weighted by Crippen LogP contribution is -2.27. The van der Waals surface area contributed by atoms with Gasteiger partial charge in [-0.3, -0.25) is 4.79 Å². The minimum Gasteiger partial charge on any atom is -0.356 e. The zero-order chi connectivity index (χ0) is 12.3. The summed E-state index contributed by atoms with van der Waals surface area (Å²) >= 11 is 5.93. The van der Waals surface area contributed by atoms with Crippen LogP contribution in [0.4, 0.5) is 0 Å². The van der Waals surface area contributed by atoms with Crippen molar-refractivity contribution in [2.45, 2.75) is 18.8 Å². The maximum atomic E-state index is 11.8. The molecule has 3 nitrogen and oxygen atoms in total. The third kappa shape index (κ3) is 3.20. The summed E-state index contributed by atoms with van der Waals surface area (Å²) in [7, 11) is 0. The van der Waals surface area contributed by atoms with Crippen LogP contribution in [0.3, 0.4) is 0 Å². The van der Waals surface area contributed by atoms with Gasteiger partial charge in [-0.05, 0) is 43.0 Å². The van der Waals surface area contributed by atoms with E-state index in [1.54, 1.807) is 0 Å². The van der Waals surface area contributed by atoms with Gasteiger partial charge < -0.3 is 11.1 Å². The van der Waals surface area contributed by atoms with E-state index in [1.807, 2.05) is 24.3 Å². The highest BCUT2D eigenvalue weighted by molar-refractivity contribution is 6.30. The van der Waals surface area contributed by atoms with Gasteiger partial charge >= 0.3 is 0 Å². The molecule has 0 aliphatic heterocycles. The van der Waals surface area contributed by atoms with Crippen LogP contribution < -0.4 is 11.1 Å². The first kappa shape index (κ1) is 12.4. The molecule has 0 aromatic heterocycles. The summed E-state index contributed by atoms with van der Waals surface area (Å²) in [5, 5.41) is 3.64. The van der Waals surface area contributed by atoms with Crippen molar-refractivity contribution in [3.63, 3.8) is 0 Å². The molecule has 17 heavy (non-hydrogen) atoms. The SMILES string of the molecule is NCCCNC(=O)C1CC1c1cccc(Cl)c1. The van der Waals surface area contributed by atoms with Gasteiger partial charge in [0, 0.05) is 17.5 Å². The summed E-state index contributed by atoms with van der Waals surface area (Å²) in [6, 6.07) is 7.76. The van der Waals surface area contributed by atoms with Crippen molar-refractivity contribution in [1.82, 2.24) is 5.32 Å². The lowest BCUT2D eigenvalue weighted by atomic mass is 10.1. The van der Waals surface area contributed by atoms with E-state index in [-0.39, 0.29) is 11.8 Å². The Morgan fingerprint density at radius 3 is 3.06 bits per heavy atom. The van der Waals surface area contributed by atoms with E-state index in [9.17, 15) is 4.79 Å². The van der Waals surface area contributed by atoms with Crippen molar-refractivity contribution in [3.8, 4) is 0 Å². The van der Waals surface area contributed by atoms with Crippen molar-refractivity contribution >= 4 is 17.5 Å². The summed E-state index contributed by atoms with van der Waals surface area (Å²) in [5.41, 5.74) is 6.54. The molecule has 0 radical (unpaired) electrons. The van der Waals surface area contributed by atoms with Gasteiger partial charge in [-0.2, -0.15) is 0 Å². The fourth-order valence-electron chi connectivity index (χ4n) is 2.04. The number of amides is 1. The largest absolute Gasteiger partial charge is 0.356 e. The Morgan fingerprint density at radius 2 is 2.35 bits per heavy atom. The molecule has 0 bridgehead atoms. The Balaban J connectivity index is 1.85. The van der Waals surface area contributed by atoms with Gasteiger partial charge in [-0.15, -0.1) is 0 Å². The smallest absolute Gasteiger partial charge is 0.223 e. The first-order valence-corrected chi connectivity index (χ1v) is 6.33. The quantitative estimate of drug-likeness (QED) is 0.787. The van der Waals surface area contributed by atoms with Crippen LogP contribution in [0.25, 0.3) is 0 Å². The molecule has 1 saturated carbocycles. The fraction of sp³-hybridized carbons (Fsp3) is 0.462. The molecule has 92 valence electrons. The van der Waals surface area contributed by atoms with Crippen LogP contribution in [0, 0.1) is 5.92 Å². The Morgan fingerprint density at radius 1 is 1.53 bits per heavy atom. The summed E-state index contributed by atoms with van der Waals surface area (Å²) in [6.45, 7) is 1.29. The molecule has 0 saturated heterocycles. The second-order valence-corrected chi connectivity index (χ2v) is 4.87. The van der Waals surface area contributed by atoms with Crippen LogP contribution in [-0.2, 0) is 4.79 Å². The van der Waals surface area contributed by atoms with Gasteiger partial charge in [0.1, 0.15) is 0 Å². The number of hydrogen-bond donors (Lipinski definition) is 2. The van der Waals surface area contributed by atoms with E-state index in [2.05, 4.69) is 5.32 Å². The molecule has 1 fully saturated rings. The molecule has 2 rings (SSSR count). The summed E-state index contributed by atoms with van der Waals surface area (Å²) in [6.07, 6.45) is 1.76. The summed E-state index contributed by atoms with van der Waals surface area (Å²) in [4.78, 5) is 11.8. The minimum atomic E-state index is 0.117. The highest BCUT2D eigenvalue weighted by Gasteiger charge is 2.43. The predicted molar refractivity (Wildman–Crippen MR) is 69.0 cm³/mol. The average molecular weight is 253 g/mol. The van der Waals surface area contributed by atoms with Gasteiger partial charge in [0.25, 0.3) is 0 Å². The first-order chi connectivity index (χ1) is 8.22. The Kier molecular flexibility index (Phi) is 4.02. The van der Waals surface area contributed by atoms with Crippen LogP contribution in [0.2, 0.25) is 5.02 Å². The van der Waals surface area contributed by atoms with Crippen molar-refractivity contribution < 1.29 is 4.79 Å². The average Bonchev–Trinajstić information content (AvgIpc) is 3.09. The molecular weight excluding hydrogens is 236 g/mol. The van der Waals surface area contributed by atoms with Gasteiger partial charge in [0.05, 0.1) is 0 Å². The van der Waals surface area contributed by atoms with Crippen molar-refractivity contribution in [1.29, 1.82) is 0 Å². The number of carbonyl (C=O) groups is 1. The standard InChI is InChI=1S/C13H17ClN2O/c14-10-4-1-3-9(7-10)11-8-12(11)13(17)16-6-2-5-15/h1,3-4,7,11-12H,2,5-6,8,15H2,(H,16,17). The zero-order valence-corrected chi connectivity index (χ0v) is 10.4. The zero-order valence-electron chi connectivity index (χ0n) is 9.66. The van der Waals surface area contributed by atoms with Gasteiger partial charge in [-0.1, -0.05) is 23.7 Å². The van der Waals surface area contributed by atoms with Crippen LogP contribution in [0.1, 0.15) is 24.3 Å². The maximum absolute atomic E-state index is 11.8. The van der Waals surface area contributed by atoms with Gasteiger partial charge in [0.15, 0.2) is 0 Å². The highest BCUT2D eigenvalue weighted by atomic mass is 35.5. The summed E-state index contributed by atoms with van der Waals surface area (Å²) in [5.74, 6) is 0.598. The fourth-order valence-corrected chi connectivity index (χ4v) is 2.23. The highest BCUT2D eigenvalue weighted by Crippen LogP contribution is 2.47. The van der Waals surface area contributed by atoms with Gasteiger partial charge in [0.2, 0.25) is 5.91 Å². The number of hydrogen-bond acceptors (Lipinski definition) is 2. The van der Waals surface area contributed by atoms with E-state index in [0.29, 0.717) is 19.0 Å². The van der Waals surface area contributed by atoms with Crippen molar-refractivity contribution in [2.24, 2.45) is 11.7 Å². The number of benzene rings is 1. The Bertz CT molecular complexity index is 408. The molecule has 0 spiro atoms. The maximum Gasteiger partial charge on any atom is 0.223 e. The number of rotatable bonds is 5. The topological polar surface area (TPSA) is 55.1 Å². The number of carbonyl (C=O) groups excluding carboxylic acids is 1. The van der Waals surface area contributed by atoms with Crippen LogP contribution in [0.15, 0.2) is 24.3 Å². The van der Waals surface area contributed by atoms with Crippen LogP contribution in [-0.4, -0.2) is 19.0 Å². The molecule has 2 atom stereocenters. The van der Waals surface area contributed by atoms with Crippen LogP contribution in [0.5, 0.6) is 0 Å². The molecule has 1 aliphatic rings. The predicted octanol–water partition coefficient (Wildman–Crippen LogP) is 1.91. The number of nitrogens with one attached hydrogen (secondary N) is 1. The molecule has 4 heteroatoms. The molecule has 1 aromatic carbocycles. The third-order valence-electron chi connectivity index (χ3n) is 3.08. The third-order valence-corrected chi connectivity index (χ3v) is 3.32. The molecule has 1 amide bonds. The monoisotopic (exact) mass is 252 g/mol. The summed E-state index contributed by atoms with van der Waals surface area (Å²) < 4.78 is 0. The van der Waals surface area contributed by atoms with E-state index < -0.39 is 0 Å². The second-order valence-electron chi connectivity index (χ2n) is 4.44. The molecule has 3 N–H and O–H groups in total. The lowest BCUT2D eigenvalue weighted by molar-refractivity contribution is -0.122. The van der Waals surface area contributed by atoms with E-state index in [1.165, 1.54) is 0 Å². The normalized spacial score (nSPS) is 22.2. The second kappa shape index (κ2) is 5.52. The van der Waals surface area contributed by atoms with E-state index in [4.69, 9.17) is 17.3 Å². The van der Waals surface area contributed by atoms with Gasteiger partial charge in [-0.25, -0.2) is 0 Å². The molecule has 1 aromatic rings. The number of halogens is 1. The van der Waals surface area contributed by atoms with Crippen molar-refractivity contribution in [3.05, 3.63) is 34.9 Å². The van der Waals surface area contributed by atoms with E-state index in [0.717, 1.165) is 23.4 Å². The minimum absolute atomic E-state index is 0.117. The van der Waals surface area contributed by atoms with E-state index >= 15 is 0 Å². The first-order valence-electron chi connectivity index (χ1n) is 5.95. The molecule has 0 heterocycles. The van der Waals surface area contributed by atoms with Crippen molar-refractivity contribution in [2.75, 3.05) is 13.1 Å².